The fourth-order valence-electron chi connectivity index (χ4n) is 3.33. The van der Waals surface area contributed by atoms with Crippen molar-refractivity contribution in [2.24, 2.45) is 11.3 Å². The van der Waals surface area contributed by atoms with E-state index < -0.39 is 0 Å². The molecule has 0 atom stereocenters. The predicted molar refractivity (Wildman–Crippen MR) is 62.8 cm³/mol. The Morgan fingerprint density at radius 3 is 2.27 bits per heavy atom. The topological polar surface area (TPSA) is 17.1 Å². The third-order valence-corrected chi connectivity index (χ3v) is 4.58. The number of Topliss-reactive ketones (excluding diaryl/α,β-unsaturated/α-hetero) is 1. The van der Waals surface area contributed by atoms with Crippen LogP contribution in [0.25, 0.3) is 0 Å². The lowest BCUT2D eigenvalue weighted by atomic mass is 9.77. The van der Waals surface area contributed by atoms with Gasteiger partial charge in [-0.05, 0) is 18.8 Å². The predicted octanol–water partition coefficient (Wildman–Crippen LogP) is 4.11. The van der Waals surface area contributed by atoms with E-state index in [1.807, 2.05) is 0 Å². The lowest BCUT2D eigenvalue weighted by Crippen LogP contribution is -2.27. The van der Waals surface area contributed by atoms with Crippen LogP contribution in [0.1, 0.15) is 71.1 Å². The second-order valence-electron chi connectivity index (χ2n) is 5.90. The molecule has 0 amide bonds. The first-order valence-corrected chi connectivity index (χ1v) is 6.74. The van der Waals surface area contributed by atoms with Gasteiger partial charge in [0.05, 0.1) is 0 Å². The quantitative estimate of drug-likeness (QED) is 0.682. The van der Waals surface area contributed by atoms with Crippen molar-refractivity contribution < 1.29 is 4.79 Å². The van der Waals surface area contributed by atoms with E-state index >= 15 is 0 Å². The van der Waals surface area contributed by atoms with E-state index in [4.69, 9.17) is 0 Å². The Hall–Kier alpha value is -0.330. The maximum Gasteiger partial charge on any atom is 0.139 e. The van der Waals surface area contributed by atoms with Gasteiger partial charge in [-0.3, -0.25) is 4.79 Å². The van der Waals surface area contributed by atoms with Gasteiger partial charge in [0.2, 0.25) is 0 Å². The third kappa shape index (κ3) is 2.62. The summed E-state index contributed by atoms with van der Waals surface area (Å²) in [6.45, 7) is 2.20. The average Bonchev–Trinajstić information content (AvgIpc) is 2.68. The van der Waals surface area contributed by atoms with Gasteiger partial charge in [0, 0.05) is 11.8 Å². The molecule has 1 heteroatoms. The molecule has 0 bridgehead atoms. The third-order valence-electron chi connectivity index (χ3n) is 4.58. The zero-order valence-corrected chi connectivity index (χ0v) is 10.1. The molecule has 0 N–H and O–H groups in total. The second-order valence-corrected chi connectivity index (χ2v) is 5.90. The summed E-state index contributed by atoms with van der Waals surface area (Å²) in [4.78, 5) is 12.2. The average molecular weight is 208 g/mol. The molecule has 0 aliphatic heterocycles. The van der Waals surface area contributed by atoms with Crippen LogP contribution >= 0.6 is 0 Å². The van der Waals surface area contributed by atoms with Crippen molar-refractivity contribution in [1.82, 2.24) is 0 Å². The Morgan fingerprint density at radius 2 is 1.67 bits per heavy atom. The van der Waals surface area contributed by atoms with Gasteiger partial charge in [0.15, 0.2) is 0 Å². The van der Waals surface area contributed by atoms with Gasteiger partial charge in [-0.2, -0.15) is 0 Å². The van der Waals surface area contributed by atoms with Crippen molar-refractivity contribution in [2.75, 3.05) is 0 Å². The van der Waals surface area contributed by atoms with Gasteiger partial charge in [-0.1, -0.05) is 51.9 Å². The van der Waals surface area contributed by atoms with Crippen LogP contribution < -0.4 is 0 Å². The van der Waals surface area contributed by atoms with Crippen LogP contribution in [0.15, 0.2) is 0 Å². The molecule has 0 aromatic rings. The smallest absolute Gasteiger partial charge is 0.139 e. The summed E-state index contributed by atoms with van der Waals surface area (Å²) in [5, 5.41) is 0. The summed E-state index contributed by atoms with van der Waals surface area (Å²) in [7, 11) is 0. The van der Waals surface area contributed by atoms with E-state index in [2.05, 4.69) is 6.92 Å². The number of carbonyl (C=O) groups excluding carboxylic acids is 1. The van der Waals surface area contributed by atoms with Crippen LogP contribution in [0.4, 0.5) is 0 Å². The number of carbonyl (C=O) groups is 1. The van der Waals surface area contributed by atoms with Crippen molar-refractivity contribution in [3.05, 3.63) is 0 Å². The fourth-order valence-corrected chi connectivity index (χ4v) is 3.33. The molecule has 0 radical (unpaired) electrons. The Labute approximate surface area is 93.6 Å². The van der Waals surface area contributed by atoms with Gasteiger partial charge in [0.25, 0.3) is 0 Å². The molecular weight excluding hydrogens is 184 g/mol. The van der Waals surface area contributed by atoms with Crippen LogP contribution in [0.5, 0.6) is 0 Å². The van der Waals surface area contributed by atoms with E-state index in [0.717, 1.165) is 25.2 Å². The van der Waals surface area contributed by atoms with E-state index in [0.29, 0.717) is 5.78 Å². The highest BCUT2D eigenvalue weighted by Gasteiger charge is 2.36. The lowest BCUT2D eigenvalue weighted by Gasteiger charge is -2.27. The number of hydrogen-bond donors (Lipinski definition) is 0. The van der Waals surface area contributed by atoms with Gasteiger partial charge >= 0.3 is 0 Å². The van der Waals surface area contributed by atoms with Crippen molar-refractivity contribution >= 4 is 5.78 Å². The SMILES string of the molecule is CC1(C(=O)CC2CCCCC2)CCCC1. The first-order chi connectivity index (χ1) is 7.21. The summed E-state index contributed by atoms with van der Waals surface area (Å²) in [5.41, 5.74) is 0.0669. The molecule has 1 nitrogen and oxygen atoms in total. The number of hydrogen-bond acceptors (Lipinski definition) is 1. The van der Waals surface area contributed by atoms with Crippen molar-refractivity contribution in [1.29, 1.82) is 0 Å². The van der Waals surface area contributed by atoms with Crippen molar-refractivity contribution in [3.63, 3.8) is 0 Å². The minimum Gasteiger partial charge on any atom is -0.299 e. The molecule has 2 saturated carbocycles. The van der Waals surface area contributed by atoms with Crippen LogP contribution in [-0.2, 0) is 4.79 Å². The zero-order chi connectivity index (χ0) is 10.7. The standard InChI is InChI=1S/C14H24O/c1-14(9-5-6-10-14)13(15)11-12-7-3-2-4-8-12/h12H,2-11H2,1H3. The van der Waals surface area contributed by atoms with Gasteiger partial charge in [0.1, 0.15) is 5.78 Å². The Bertz CT molecular complexity index is 219. The molecule has 0 aromatic heterocycles. The monoisotopic (exact) mass is 208 g/mol. The highest BCUT2D eigenvalue weighted by molar-refractivity contribution is 5.84. The van der Waals surface area contributed by atoms with Gasteiger partial charge < -0.3 is 0 Å². The molecule has 0 spiro atoms. The summed E-state index contributed by atoms with van der Waals surface area (Å²) < 4.78 is 0. The lowest BCUT2D eigenvalue weighted by molar-refractivity contribution is -0.128. The number of ketones is 1. The van der Waals surface area contributed by atoms with Crippen LogP contribution in [-0.4, -0.2) is 5.78 Å². The Balaban J connectivity index is 1.85. The van der Waals surface area contributed by atoms with Crippen LogP contribution in [0.3, 0.4) is 0 Å². The molecule has 0 unspecified atom stereocenters. The molecule has 2 aliphatic carbocycles. The molecule has 2 fully saturated rings. The van der Waals surface area contributed by atoms with Crippen molar-refractivity contribution in [2.45, 2.75) is 71.1 Å². The van der Waals surface area contributed by atoms with E-state index in [1.54, 1.807) is 0 Å². The molecular formula is C14H24O. The fraction of sp³-hybridized carbons (Fsp3) is 0.929. The normalized spacial score (nSPS) is 26.7. The molecule has 2 rings (SSSR count). The van der Waals surface area contributed by atoms with Crippen molar-refractivity contribution in [3.8, 4) is 0 Å². The highest BCUT2D eigenvalue weighted by Crippen LogP contribution is 2.41. The zero-order valence-electron chi connectivity index (χ0n) is 10.1. The molecule has 2 aliphatic rings. The molecule has 15 heavy (non-hydrogen) atoms. The Morgan fingerprint density at radius 1 is 1.07 bits per heavy atom. The number of rotatable bonds is 3. The molecule has 0 heterocycles. The van der Waals surface area contributed by atoms with Crippen LogP contribution in [0.2, 0.25) is 0 Å². The first-order valence-electron chi connectivity index (χ1n) is 6.74. The molecule has 0 aromatic carbocycles. The maximum atomic E-state index is 12.2. The summed E-state index contributed by atoms with van der Waals surface area (Å²) in [6, 6.07) is 0. The minimum atomic E-state index is 0.0669. The summed E-state index contributed by atoms with van der Waals surface area (Å²) in [6.07, 6.45) is 12.4. The van der Waals surface area contributed by atoms with E-state index in [9.17, 15) is 4.79 Å². The molecule has 0 saturated heterocycles. The van der Waals surface area contributed by atoms with Gasteiger partial charge in [-0.15, -0.1) is 0 Å². The molecule has 86 valence electrons. The van der Waals surface area contributed by atoms with Gasteiger partial charge in [-0.25, -0.2) is 0 Å². The highest BCUT2D eigenvalue weighted by atomic mass is 16.1. The largest absolute Gasteiger partial charge is 0.299 e. The van der Waals surface area contributed by atoms with Crippen LogP contribution in [0, 0.1) is 11.3 Å². The minimum absolute atomic E-state index is 0.0669. The van der Waals surface area contributed by atoms with E-state index in [-0.39, 0.29) is 5.41 Å². The summed E-state index contributed by atoms with van der Waals surface area (Å²) in [5.74, 6) is 1.30. The van der Waals surface area contributed by atoms with E-state index in [1.165, 1.54) is 44.9 Å². The Kier molecular flexibility index (Phi) is 3.48. The second kappa shape index (κ2) is 4.67. The maximum absolute atomic E-state index is 12.2. The summed E-state index contributed by atoms with van der Waals surface area (Å²) >= 11 is 0. The first kappa shape index (κ1) is 11.2.